The molecule has 18 nitrogen and oxygen atoms in total. The second kappa shape index (κ2) is 22.5. The zero-order valence-corrected chi connectivity index (χ0v) is 35.1. The van der Waals surface area contributed by atoms with Gasteiger partial charge in [0.15, 0.2) is 5.82 Å². The quantitative estimate of drug-likeness (QED) is 0.0642. The minimum Gasteiger partial charge on any atom is -0.449 e. The van der Waals surface area contributed by atoms with Gasteiger partial charge < -0.3 is 39.0 Å². The summed E-state index contributed by atoms with van der Waals surface area (Å²) >= 11 is 0. The van der Waals surface area contributed by atoms with Gasteiger partial charge in [0.05, 0.1) is 30.7 Å². The maximum atomic E-state index is 14.3. The van der Waals surface area contributed by atoms with E-state index in [9.17, 15) is 28.5 Å². The first kappa shape index (κ1) is 46.1. The smallest absolute Gasteiger partial charge is 0.409 e. The standard InChI is InChI=1S/C39H57N6O12P/c1-7-8-21-53-39(50)44-19-17-43(18-20-44)36(47)31(15-22-58(51,56-25-54-37(48)27(2)3)57-26-55-38(49)28(4)5)41-35(46)32-23-33(45-16-14-30(24-45)52-6)42-34(40-32)29-12-10-9-11-13-29/h9-13,23,27-28,30-31H,7-8,14-22,24-26H2,1-6H3,(H,41,46). The summed E-state index contributed by atoms with van der Waals surface area (Å²) in [4.78, 5) is 79.7. The van der Waals surface area contributed by atoms with Crippen molar-refractivity contribution in [1.29, 1.82) is 0 Å². The molecule has 2 aliphatic heterocycles. The van der Waals surface area contributed by atoms with Crippen molar-refractivity contribution in [2.45, 2.75) is 72.4 Å². The Balaban J connectivity index is 1.60. The Morgan fingerprint density at radius 3 is 2.05 bits per heavy atom. The van der Waals surface area contributed by atoms with Gasteiger partial charge in [0.1, 0.15) is 17.6 Å². The third-order valence-corrected chi connectivity index (χ3v) is 11.3. The number of ether oxygens (including phenoxy) is 4. The Morgan fingerprint density at radius 2 is 1.48 bits per heavy atom. The van der Waals surface area contributed by atoms with Crippen molar-refractivity contribution in [3.63, 3.8) is 0 Å². The van der Waals surface area contributed by atoms with Gasteiger partial charge in [-0.25, -0.2) is 14.8 Å². The third-order valence-electron chi connectivity index (χ3n) is 9.49. The number of hydrogen-bond donors (Lipinski definition) is 1. The summed E-state index contributed by atoms with van der Waals surface area (Å²) in [6, 6.07) is 9.41. The molecule has 2 aromatic rings. The molecule has 3 amide bonds. The van der Waals surface area contributed by atoms with Crippen LogP contribution in [0.15, 0.2) is 36.4 Å². The van der Waals surface area contributed by atoms with Crippen LogP contribution in [0.4, 0.5) is 10.6 Å². The van der Waals surface area contributed by atoms with Crippen LogP contribution in [0.3, 0.4) is 0 Å². The molecule has 3 heterocycles. The van der Waals surface area contributed by atoms with E-state index in [2.05, 4.69) is 10.3 Å². The average Bonchev–Trinajstić information content (AvgIpc) is 3.72. The molecule has 1 aromatic heterocycles. The molecule has 0 bridgehead atoms. The summed E-state index contributed by atoms with van der Waals surface area (Å²) < 4.78 is 46.1. The molecule has 19 heteroatoms. The number of nitrogens with zero attached hydrogens (tertiary/aromatic N) is 5. The molecule has 2 saturated heterocycles. The Bertz CT molecular complexity index is 1710. The number of amides is 3. The van der Waals surface area contributed by atoms with Crippen molar-refractivity contribution in [3.8, 4) is 11.4 Å². The minimum atomic E-state index is -4.25. The zero-order chi connectivity index (χ0) is 42.2. The molecule has 0 spiro atoms. The van der Waals surface area contributed by atoms with Gasteiger partial charge in [-0.1, -0.05) is 71.4 Å². The lowest BCUT2D eigenvalue weighted by molar-refractivity contribution is -0.156. The number of methoxy groups -OCH3 is 1. The van der Waals surface area contributed by atoms with E-state index in [-0.39, 0.29) is 44.4 Å². The van der Waals surface area contributed by atoms with Crippen LogP contribution in [-0.4, -0.2) is 134 Å². The number of esters is 2. The number of hydrogen-bond acceptors (Lipinski definition) is 15. The largest absolute Gasteiger partial charge is 0.449 e. The van der Waals surface area contributed by atoms with E-state index >= 15 is 0 Å². The van der Waals surface area contributed by atoms with Crippen molar-refractivity contribution in [3.05, 3.63) is 42.1 Å². The second-order valence-electron chi connectivity index (χ2n) is 14.6. The highest BCUT2D eigenvalue weighted by Crippen LogP contribution is 2.49. The summed E-state index contributed by atoms with van der Waals surface area (Å²) in [7, 11) is -2.60. The number of aromatic nitrogens is 2. The summed E-state index contributed by atoms with van der Waals surface area (Å²) in [5.41, 5.74) is 0.658. The fourth-order valence-electron chi connectivity index (χ4n) is 5.89. The molecule has 2 aliphatic rings. The Morgan fingerprint density at radius 1 is 0.862 bits per heavy atom. The number of nitrogens with one attached hydrogen (secondary N) is 1. The fraction of sp³-hybridized carbons (Fsp3) is 0.615. The SMILES string of the molecule is CCCCOC(=O)N1CCN(C(=O)C(CCP(=O)(OCOC(=O)C(C)C)OCOC(=O)C(C)C)NC(=O)c2cc(N3CCC(OC)C3)nc(-c3ccccc3)n2)CC1. The van der Waals surface area contributed by atoms with Gasteiger partial charge in [0, 0.05) is 58.0 Å². The first-order chi connectivity index (χ1) is 27.7. The molecule has 0 radical (unpaired) electrons. The zero-order valence-electron chi connectivity index (χ0n) is 34.3. The summed E-state index contributed by atoms with van der Waals surface area (Å²) in [5.74, 6) is -2.64. The van der Waals surface area contributed by atoms with Crippen LogP contribution in [0.1, 0.15) is 70.8 Å². The van der Waals surface area contributed by atoms with E-state index < -0.39 is 75.1 Å². The lowest BCUT2D eigenvalue weighted by atomic mass is 10.1. The highest BCUT2D eigenvalue weighted by Gasteiger charge is 2.35. The molecule has 0 saturated carbocycles. The van der Waals surface area contributed by atoms with Crippen LogP contribution in [0.2, 0.25) is 0 Å². The van der Waals surface area contributed by atoms with Gasteiger partial charge in [-0.2, -0.15) is 0 Å². The molecule has 2 atom stereocenters. The van der Waals surface area contributed by atoms with E-state index in [1.54, 1.807) is 40.9 Å². The summed E-state index contributed by atoms with van der Waals surface area (Å²) in [6.07, 6.45) is 1.14. The predicted octanol–water partition coefficient (Wildman–Crippen LogP) is 4.48. The number of anilines is 1. The van der Waals surface area contributed by atoms with Crippen LogP contribution < -0.4 is 10.2 Å². The van der Waals surface area contributed by atoms with Crippen molar-refractivity contribution in [1.82, 2.24) is 25.1 Å². The van der Waals surface area contributed by atoms with Crippen molar-refractivity contribution in [2.75, 3.05) is 77.6 Å². The first-order valence-corrected chi connectivity index (χ1v) is 21.4. The van der Waals surface area contributed by atoms with Gasteiger partial charge >= 0.3 is 25.6 Å². The van der Waals surface area contributed by atoms with E-state index in [4.69, 9.17) is 33.0 Å². The minimum absolute atomic E-state index is 0.0148. The first-order valence-electron chi connectivity index (χ1n) is 19.7. The Hall–Kier alpha value is -4.64. The highest BCUT2D eigenvalue weighted by molar-refractivity contribution is 7.53. The fourth-order valence-corrected chi connectivity index (χ4v) is 7.22. The molecule has 58 heavy (non-hydrogen) atoms. The van der Waals surface area contributed by atoms with Gasteiger partial charge in [-0.3, -0.25) is 32.8 Å². The molecule has 2 unspecified atom stereocenters. The van der Waals surface area contributed by atoms with E-state index in [1.165, 1.54) is 9.80 Å². The molecule has 320 valence electrons. The van der Waals surface area contributed by atoms with Gasteiger partial charge in [0.25, 0.3) is 5.91 Å². The number of piperazine rings is 1. The molecule has 1 N–H and O–H groups in total. The maximum absolute atomic E-state index is 14.3. The molecule has 0 aliphatic carbocycles. The van der Waals surface area contributed by atoms with E-state index in [0.29, 0.717) is 36.9 Å². The summed E-state index contributed by atoms with van der Waals surface area (Å²) in [5, 5.41) is 2.79. The van der Waals surface area contributed by atoms with Crippen LogP contribution in [0.5, 0.6) is 0 Å². The number of carbonyl (C=O) groups excluding carboxylic acids is 5. The van der Waals surface area contributed by atoms with Crippen LogP contribution in [-0.2, 0) is 46.9 Å². The number of unbranched alkanes of at least 4 members (excludes halogenated alkanes) is 1. The van der Waals surface area contributed by atoms with Crippen LogP contribution in [0.25, 0.3) is 11.4 Å². The Labute approximate surface area is 339 Å². The molecule has 4 rings (SSSR count). The maximum Gasteiger partial charge on any atom is 0.409 e. The van der Waals surface area contributed by atoms with Crippen molar-refractivity contribution in [2.24, 2.45) is 11.8 Å². The lowest BCUT2D eigenvalue weighted by Gasteiger charge is -2.36. The van der Waals surface area contributed by atoms with Gasteiger partial charge in [-0.15, -0.1) is 0 Å². The number of rotatable bonds is 20. The Kier molecular flexibility index (Phi) is 17.9. The van der Waals surface area contributed by atoms with E-state index in [1.807, 2.05) is 42.2 Å². The van der Waals surface area contributed by atoms with Gasteiger partial charge in [-0.05, 0) is 19.3 Å². The monoisotopic (exact) mass is 832 g/mol. The normalized spacial score (nSPS) is 16.3. The van der Waals surface area contributed by atoms with Crippen LogP contribution in [0, 0.1) is 11.8 Å². The molecular weight excluding hydrogens is 775 g/mol. The second-order valence-corrected chi connectivity index (χ2v) is 16.7. The molecule has 1 aromatic carbocycles. The van der Waals surface area contributed by atoms with Crippen LogP contribution >= 0.6 is 7.60 Å². The predicted molar refractivity (Wildman–Crippen MR) is 212 cm³/mol. The third kappa shape index (κ3) is 13.7. The molecule has 2 fully saturated rings. The molecular formula is C39H57N6O12P. The van der Waals surface area contributed by atoms with Gasteiger partial charge in [0.2, 0.25) is 19.5 Å². The average molecular weight is 833 g/mol. The highest BCUT2D eigenvalue weighted by atomic mass is 31.2. The lowest BCUT2D eigenvalue weighted by Crippen LogP contribution is -2.56. The number of benzene rings is 1. The number of carbonyl (C=O) groups is 5. The topological polar surface area (TPSA) is 205 Å². The summed E-state index contributed by atoms with van der Waals surface area (Å²) in [6.45, 7) is 9.12. The van der Waals surface area contributed by atoms with Crippen molar-refractivity contribution >= 4 is 43.3 Å². The van der Waals surface area contributed by atoms with Crippen molar-refractivity contribution < 1.29 is 56.5 Å². The van der Waals surface area contributed by atoms with E-state index in [0.717, 1.165) is 19.3 Å².